The molecule has 0 radical (unpaired) electrons. The van der Waals surface area contributed by atoms with E-state index < -0.39 is 16.1 Å². The van der Waals surface area contributed by atoms with Gasteiger partial charge in [-0.3, -0.25) is 4.79 Å². The molecule has 0 fully saturated rings. The van der Waals surface area contributed by atoms with E-state index in [4.69, 9.17) is 4.74 Å². The van der Waals surface area contributed by atoms with Crippen molar-refractivity contribution in [3.8, 4) is 5.75 Å². The minimum Gasteiger partial charge on any atom is -0.496 e. The van der Waals surface area contributed by atoms with Gasteiger partial charge in [0.25, 0.3) is 0 Å². The summed E-state index contributed by atoms with van der Waals surface area (Å²) in [6, 6.07) is 11.4. The maximum absolute atomic E-state index is 12.8. The van der Waals surface area contributed by atoms with Crippen LogP contribution >= 0.6 is 11.8 Å². The number of hydrogen-bond acceptors (Lipinski definition) is 5. The van der Waals surface area contributed by atoms with Gasteiger partial charge in [0.1, 0.15) is 5.75 Å². The van der Waals surface area contributed by atoms with Crippen molar-refractivity contribution >= 4 is 33.4 Å². The molecule has 0 spiro atoms. The lowest BCUT2D eigenvalue weighted by atomic mass is 10.1. The van der Waals surface area contributed by atoms with Crippen LogP contribution in [0.5, 0.6) is 5.75 Å². The molecule has 0 unspecified atom stereocenters. The van der Waals surface area contributed by atoms with Crippen molar-refractivity contribution in [2.45, 2.75) is 29.7 Å². The number of benzene rings is 2. The predicted octanol–water partition coefficient (Wildman–Crippen LogP) is 3.42. The Morgan fingerprint density at radius 3 is 2.50 bits per heavy atom. The van der Waals surface area contributed by atoms with E-state index in [2.05, 4.69) is 10.0 Å². The van der Waals surface area contributed by atoms with Crippen LogP contribution < -0.4 is 14.8 Å². The standard InChI is InChI=1S/C18H22N2O4S2/c1-12(15-7-5-6-8-17(15)24-3)20-26(22,23)14-9-10-18(25-4)16(11-14)19-13(2)21/h5-12,20H,1-4H3,(H,19,21)/t12-/m0/s1. The highest BCUT2D eigenvalue weighted by Crippen LogP contribution is 2.30. The number of amides is 1. The summed E-state index contributed by atoms with van der Waals surface area (Å²) in [6.07, 6.45) is 1.86. The fraction of sp³-hybridized carbons (Fsp3) is 0.278. The number of anilines is 1. The quantitative estimate of drug-likeness (QED) is 0.703. The lowest BCUT2D eigenvalue weighted by Crippen LogP contribution is -2.27. The third-order valence-electron chi connectivity index (χ3n) is 3.73. The van der Waals surface area contributed by atoms with E-state index in [1.165, 1.54) is 30.8 Å². The average Bonchev–Trinajstić information content (AvgIpc) is 2.60. The molecule has 0 aliphatic heterocycles. The number of para-hydroxylation sites is 1. The maximum Gasteiger partial charge on any atom is 0.241 e. The number of ether oxygens (including phenoxy) is 1. The van der Waals surface area contributed by atoms with Crippen LogP contribution in [0.1, 0.15) is 25.5 Å². The fourth-order valence-corrected chi connectivity index (χ4v) is 4.31. The molecule has 140 valence electrons. The van der Waals surface area contributed by atoms with Crippen molar-refractivity contribution < 1.29 is 17.9 Å². The molecule has 2 aromatic rings. The molecule has 2 aromatic carbocycles. The van der Waals surface area contributed by atoms with Gasteiger partial charge in [0.15, 0.2) is 0 Å². The Hall–Kier alpha value is -2.03. The van der Waals surface area contributed by atoms with Gasteiger partial charge in [-0.2, -0.15) is 0 Å². The monoisotopic (exact) mass is 394 g/mol. The Kier molecular flexibility index (Phi) is 6.69. The van der Waals surface area contributed by atoms with E-state index >= 15 is 0 Å². The number of methoxy groups -OCH3 is 1. The maximum atomic E-state index is 12.8. The van der Waals surface area contributed by atoms with Crippen LogP contribution in [-0.4, -0.2) is 27.7 Å². The number of carbonyl (C=O) groups is 1. The zero-order chi connectivity index (χ0) is 19.3. The van der Waals surface area contributed by atoms with E-state index in [9.17, 15) is 13.2 Å². The van der Waals surface area contributed by atoms with Crippen molar-refractivity contribution in [3.05, 3.63) is 48.0 Å². The van der Waals surface area contributed by atoms with Crippen LogP contribution in [0.3, 0.4) is 0 Å². The molecule has 8 heteroatoms. The van der Waals surface area contributed by atoms with Gasteiger partial charge in [-0.05, 0) is 37.4 Å². The van der Waals surface area contributed by atoms with Crippen LogP contribution in [0, 0.1) is 0 Å². The second kappa shape index (κ2) is 8.57. The SMILES string of the molecule is COc1ccccc1[C@H](C)NS(=O)(=O)c1ccc(SC)c(NC(C)=O)c1. The fourth-order valence-electron chi connectivity index (χ4n) is 2.53. The molecule has 0 saturated carbocycles. The van der Waals surface area contributed by atoms with Gasteiger partial charge in [0.05, 0.1) is 17.7 Å². The van der Waals surface area contributed by atoms with E-state index in [0.29, 0.717) is 11.4 Å². The summed E-state index contributed by atoms with van der Waals surface area (Å²) in [7, 11) is -2.24. The minimum absolute atomic E-state index is 0.0841. The molecule has 6 nitrogen and oxygen atoms in total. The van der Waals surface area contributed by atoms with Gasteiger partial charge in [0, 0.05) is 23.4 Å². The molecule has 0 aliphatic rings. The normalized spacial score (nSPS) is 12.5. The summed E-state index contributed by atoms with van der Waals surface area (Å²) in [5.41, 5.74) is 1.21. The second-order valence-electron chi connectivity index (χ2n) is 5.63. The molecule has 0 bridgehead atoms. The van der Waals surface area contributed by atoms with E-state index in [-0.39, 0.29) is 10.8 Å². The third kappa shape index (κ3) is 4.78. The lowest BCUT2D eigenvalue weighted by Gasteiger charge is -2.18. The molecule has 1 amide bonds. The Morgan fingerprint density at radius 1 is 1.19 bits per heavy atom. The van der Waals surface area contributed by atoms with Gasteiger partial charge in [-0.15, -0.1) is 11.8 Å². The van der Waals surface area contributed by atoms with Gasteiger partial charge >= 0.3 is 0 Å². The topological polar surface area (TPSA) is 84.5 Å². The first-order chi connectivity index (χ1) is 12.3. The molecule has 2 N–H and O–H groups in total. The molecule has 26 heavy (non-hydrogen) atoms. The van der Waals surface area contributed by atoms with Gasteiger partial charge in [0.2, 0.25) is 15.9 Å². The number of nitrogens with one attached hydrogen (secondary N) is 2. The number of hydrogen-bond donors (Lipinski definition) is 2. The van der Waals surface area contributed by atoms with Crippen LogP contribution in [-0.2, 0) is 14.8 Å². The summed E-state index contributed by atoms with van der Waals surface area (Å²) < 4.78 is 33.5. The zero-order valence-corrected chi connectivity index (χ0v) is 16.7. The zero-order valence-electron chi connectivity index (χ0n) is 15.1. The Morgan fingerprint density at radius 2 is 1.88 bits per heavy atom. The number of carbonyl (C=O) groups excluding carboxylic acids is 1. The first kappa shape index (κ1) is 20.3. The molecule has 0 saturated heterocycles. The summed E-state index contributed by atoms with van der Waals surface area (Å²) in [5, 5.41) is 2.67. The Bertz CT molecular complexity index is 898. The largest absolute Gasteiger partial charge is 0.496 e. The summed E-state index contributed by atoms with van der Waals surface area (Å²) in [5.74, 6) is 0.351. The highest BCUT2D eigenvalue weighted by atomic mass is 32.2. The van der Waals surface area contributed by atoms with Crippen LogP contribution in [0.15, 0.2) is 52.3 Å². The van der Waals surface area contributed by atoms with Crippen LogP contribution in [0.2, 0.25) is 0 Å². The van der Waals surface area contributed by atoms with Crippen molar-refractivity contribution in [1.82, 2.24) is 4.72 Å². The van der Waals surface area contributed by atoms with E-state index in [0.717, 1.165) is 10.5 Å². The molecule has 1 atom stereocenters. The second-order valence-corrected chi connectivity index (χ2v) is 8.19. The number of rotatable bonds is 7. The molecule has 0 aliphatic carbocycles. The molecule has 0 heterocycles. The molecule has 0 aromatic heterocycles. The van der Waals surface area contributed by atoms with E-state index in [1.807, 2.05) is 24.5 Å². The summed E-state index contributed by atoms with van der Waals surface area (Å²) >= 11 is 1.43. The van der Waals surface area contributed by atoms with E-state index in [1.54, 1.807) is 26.2 Å². The van der Waals surface area contributed by atoms with Crippen molar-refractivity contribution in [1.29, 1.82) is 0 Å². The first-order valence-corrected chi connectivity index (χ1v) is 10.6. The third-order valence-corrected chi connectivity index (χ3v) is 6.06. The van der Waals surface area contributed by atoms with Gasteiger partial charge in [-0.25, -0.2) is 13.1 Å². The lowest BCUT2D eigenvalue weighted by molar-refractivity contribution is -0.114. The summed E-state index contributed by atoms with van der Waals surface area (Å²) in [4.78, 5) is 12.2. The Labute approximate surface area is 158 Å². The van der Waals surface area contributed by atoms with Gasteiger partial charge < -0.3 is 10.1 Å². The highest BCUT2D eigenvalue weighted by molar-refractivity contribution is 7.98. The summed E-state index contributed by atoms with van der Waals surface area (Å²) in [6.45, 7) is 3.13. The minimum atomic E-state index is -3.78. The number of thioether (sulfide) groups is 1. The van der Waals surface area contributed by atoms with Crippen molar-refractivity contribution in [2.24, 2.45) is 0 Å². The van der Waals surface area contributed by atoms with Crippen LogP contribution in [0.25, 0.3) is 0 Å². The highest BCUT2D eigenvalue weighted by Gasteiger charge is 2.21. The van der Waals surface area contributed by atoms with Crippen molar-refractivity contribution in [2.75, 3.05) is 18.7 Å². The molecular weight excluding hydrogens is 372 g/mol. The average molecular weight is 395 g/mol. The molecule has 2 rings (SSSR count). The van der Waals surface area contributed by atoms with Crippen LogP contribution in [0.4, 0.5) is 5.69 Å². The van der Waals surface area contributed by atoms with Gasteiger partial charge in [-0.1, -0.05) is 18.2 Å². The number of sulfonamides is 1. The first-order valence-electron chi connectivity index (χ1n) is 7.89. The smallest absolute Gasteiger partial charge is 0.241 e. The predicted molar refractivity (Wildman–Crippen MR) is 104 cm³/mol. The molecular formula is C18H22N2O4S2. The Balaban J connectivity index is 2.33. The van der Waals surface area contributed by atoms with Crippen molar-refractivity contribution in [3.63, 3.8) is 0 Å².